The summed E-state index contributed by atoms with van der Waals surface area (Å²) in [4.78, 5) is 10.6. The predicted octanol–water partition coefficient (Wildman–Crippen LogP) is -0.886. The van der Waals surface area contributed by atoms with Gasteiger partial charge in [-0.05, 0) is 6.08 Å². The molecule has 6 nitrogen and oxygen atoms in total. The predicted molar refractivity (Wildman–Crippen MR) is 56.9 cm³/mol. The maximum Gasteiger partial charge on any atom is 0.247 e. The quantitative estimate of drug-likeness (QED) is 0.299. The van der Waals surface area contributed by atoms with Crippen LogP contribution in [0.1, 0.15) is 0 Å². The fraction of sp³-hybridized carbons (Fsp3) is 0.625. The van der Waals surface area contributed by atoms with Crippen molar-refractivity contribution < 1.29 is 22.2 Å². The fourth-order valence-electron chi connectivity index (χ4n) is 0.387. The zero-order valence-corrected chi connectivity index (χ0v) is 10.3. The SMILES string of the molecule is C=CC(=O)NC[N+](C)(C)C.CS(=O)(=O)[O-]. The molecule has 0 fully saturated rings. The summed E-state index contributed by atoms with van der Waals surface area (Å²) in [5.74, 6) is -0.118. The Balaban J connectivity index is 0. The largest absolute Gasteiger partial charge is 0.748 e. The van der Waals surface area contributed by atoms with Crippen molar-refractivity contribution >= 4 is 16.0 Å². The first-order valence-corrected chi connectivity index (χ1v) is 5.89. The molecule has 0 atom stereocenters. The van der Waals surface area contributed by atoms with Crippen LogP contribution in [0.4, 0.5) is 0 Å². The standard InChI is InChI=1S/C7H14N2O.CH4O3S/c1-5-7(10)8-6-9(2,3)4;1-5(2,3)4/h5H,1,6H2,2-4H3;1H3,(H,2,3,4). The van der Waals surface area contributed by atoms with E-state index in [1.807, 2.05) is 21.1 Å². The van der Waals surface area contributed by atoms with Gasteiger partial charge in [-0.1, -0.05) is 6.58 Å². The first-order chi connectivity index (χ1) is 6.45. The van der Waals surface area contributed by atoms with E-state index in [4.69, 9.17) is 13.0 Å². The molecule has 0 saturated heterocycles. The Morgan fingerprint density at radius 3 is 2.00 bits per heavy atom. The molecule has 1 amide bonds. The minimum absolute atomic E-state index is 0.118. The van der Waals surface area contributed by atoms with E-state index in [-0.39, 0.29) is 5.91 Å². The van der Waals surface area contributed by atoms with Crippen LogP contribution in [0.5, 0.6) is 0 Å². The second-order valence-electron chi connectivity index (χ2n) is 3.90. The van der Waals surface area contributed by atoms with Gasteiger partial charge in [0.2, 0.25) is 5.91 Å². The fourth-order valence-corrected chi connectivity index (χ4v) is 0.387. The molecule has 0 spiro atoms. The van der Waals surface area contributed by atoms with Crippen LogP contribution >= 0.6 is 0 Å². The third-order valence-electron chi connectivity index (χ3n) is 0.913. The van der Waals surface area contributed by atoms with Gasteiger partial charge in [0.1, 0.15) is 0 Å². The van der Waals surface area contributed by atoms with Gasteiger partial charge < -0.3 is 14.4 Å². The number of amides is 1. The lowest BCUT2D eigenvalue weighted by atomic mass is 10.6. The Morgan fingerprint density at radius 2 is 1.80 bits per heavy atom. The number of nitrogens with one attached hydrogen (secondary N) is 1. The molecule has 0 rings (SSSR count). The molecule has 1 N–H and O–H groups in total. The average molecular weight is 238 g/mol. The molecule has 0 aliphatic rings. The van der Waals surface area contributed by atoms with Gasteiger partial charge in [-0.2, -0.15) is 0 Å². The molecule has 0 aliphatic heterocycles. The second kappa shape index (κ2) is 6.54. The summed E-state index contributed by atoms with van der Waals surface area (Å²) < 4.78 is 28.0. The molecule has 0 bridgehead atoms. The summed E-state index contributed by atoms with van der Waals surface area (Å²) in [6.07, 6.45) is 1.88. The normalized spacial score (nSPS) is 11.0. The lowest BCUT2D eigenvalue weighted by Gasteiger charge is -2.23. The molecule has 0 aromatic rings. The molecule has 0 heterocycles. The molecular weight excluding hydrogens is 220 g/mol. The highest BCUT2D eigenvalue weighted by molar-refractivity contribution is 7.84. The van der Waals surface area contributed by atoms with E-state index in [2.05, 4.69) is 11.9 Å². The van der Waals surface area contributed by atoms with Crippen LogP contribution < -0.4 is 5.32 Å². The Hall–Kier alpha value is -0.920. The van der Waals surface area contributed by atoms with Gasteiger partial charge in [-0.15, -0.1) is 0 Å². The molecule has 0 radical (unpaired) electrons. The number of carbonyl (C=O) groups excluding carboxylic acids is 1. The van der Waals surface area contributed by atoms with Gasteiger partial charge in [-0.25, -0.2) is 8.42 Å². The highest BCUT2D eigenvalue weighted by Gasteiger charge is 2.05. The maximum absolute atomic E-state index is 10.6. The summed E-state index contributed by atoms with van der Waals surface area (Å²) in [7, 11) is 2.09. The monoisotopic (exact) mass is 238 g/mol. The summed E-state index contributed by atoms with van der Waals surface area (Å²) in [6.45, 7) is 3.97. The molecule has 90 valence electrons. The van der Waals surface area contributed by atoms with Crippen molar-refractivity contribution in [3.05, 3.63) is 12.7 Å². The minimum atomic E-state index is -3.92. The smallest absolute Gasteiger partial charge is 0.247 e. The maximum atomic E-state index is 10.6. The van der Waals surface area contributed by atoms with Crippen LogP contribution in [0.25, 0.3) is 0 Å². The van der Waals surface area contributed by atoms with Gasteiger partial charge in [0.15, 0.2) is 6.67 Å². The third-order valence-corrected chi connectivity index (χ3v) is 0.913. The highest BCUT2D eigenvalue weighted by atomic mass is 32.2. The Labute approximate surface area is 90.9 Å². The van der Waals surface area contributed by atoms with Gasteiger partial charge in [0.25, 0.3) is 0 Å². The van der Waals surface area contributed by atoms with E-state index < -0.39 is 10.1 Å². The van der Waals surface area contributed by atoms with Gasteiger partial charge in [0, 0.05) is 6.26 Å². The van der Waals surface area contributed by atoms with Crippen molar-refractivity contribution in [2.24, 2.45) is 0 Å². The Morgan fingerprint density at radius 1 is 1.47 bits per heavy atom. The summed E-state index contributed by atoms with van der Waals surface area (Å²) in [5.41, 5.74) is 0. The van der Waals surface area contributed by atoms with E-state index in [0.717, 1.165) is 4.48 Å². The van der Waals surface area contributed by atoms with Crippen LogP contribution in [0.15, 0.2) is 12.7 Å². The van der Waals surface area contributed by atoms with Crippen LogP contribution in [0.3, 0.4) is 0 Å². The third kappa shape index (κ3) is 32.0. The zero-order valence-electron chi connectivity index (χ0n) is 9.48. The molecule has 0 saturated carbocycles. The molecule has 0 aromatic carbocycles. The number of hydrogen-bond donors (Lipinski definition) is 1. The van der Waals surface area contributed by atoms with Crippen molar-refractivity contribution in [3.63, 3.8) is 0 Å². The van der Waals surface area contributed by atoms with Crippen LogP contribution in [-0.2, 0) is 14.9 Å². The number of quaternary nitrogens is 1. The zero-order chi connectivity index (χ0) is 12.7. The van der Waals surface area contributed by atoms with Gasteiger partial charge >= 0.3 is 0 Å². The van der Waals surface area contributed by atoms with Gasteiger partial charge in [0.05, 0.1) is 31.3 Å². The summed E-state index contributed by atoms with van der Waals surface area (Å²) >= 11 is 0. The molecule has 15 heavy (non-hydrogen) atoms. The van der Waals surface area contributed by atoms with Crippen molar-refractivity contribution in [3.8, 4) is 0 Å². The number of hydrogen-bond acceptors (Lipinski definition) is 4. The number of nitrogens with zero attached hydrogens (tertiary/aromatic N) is 1. The highest BCUT2D eigenvalue weighted by Crippen LogP contribution is 1.84. The van der Waals surface area contributed by atoms with E-state index in [9.17, 15) is 4.79 Å². The van der Waals surface area contributed by atoms with Gasteiger partial charge in [-0.3, -0.25) is 4.79 Å². The van der Waals surface area contributed by atoms with E-state index in [1.54, 1.807) is 0 Å². The topological polar surface area (TPSA) is 86.3 Å². The molecule has 0 aliphatic carbocycles. The van der Waals surface area contributed by atoms with Crippen molar-refractivity contribution in [1.29, 1.82) is 0 Å². The number of rotatable bonds is 3. The molecule has 7 heteroatoms. The first kappa shape index (κ1) is 16.5. The number of carbonyl (C=O) groups is 1. The lowest BCUT2D eigenvalue weighted by molar-refractivity contribution is -0.872. The molecule has 0 unspecified atom stereocenters. The van der Waals surface area contributed by atoms with Crippen LogP contribution in [-0.4, -0.2) is 57.4 Å². The summed E-state index contributed by atoms with van der Waals surface area (Å²) in [6, 6.07) is 0. The first-order valence-electron chi connectivity index (χ1n) is 4.07. The van der Waals surface area contributed by atoms with Crippen LogP contribution in [0, 0.1) is 0 Å². The van der Waals surface area contributed by atoms with Crippen LogP contribution in [0.2, 0.25) is 0 Å². The average Bonchev–Trinajstić information content (AvgIpc) is 1.95. The van der Waals surface area contributed by atoms with Crippen molar-refractivity contribution in [2.75, 3.05) is 34.1 Å². The van der Waals surface area contributed by atoms with E-state index in [1.165, 1.54) is 6.08 Å². The summed E-state index contributed by atoms with van der Waals surface area (Å²) in [5, 5.41) is 2.69. The van der Waals surface area contributed by atoms with Crippen molar-refractivity contribution in [1.82, 2.24) is 5.32 Å². The Kier molecular flexibility index (Phi) is 7.20. The lowest BCUT2D eigenvalue weighted by Crippen LogP contribution is -2.44. The minimum Gasteiger partial charge on any atom is -0.748 e. The second-order valence-corrected chi connectivity index (χ2v) is 5.31. The van der Waals surface area contributed by atoms with Crippen molar-refractivity contribution in [2.45, 2.75) is 0 Å². The Bertz CT molecular complexity index is 295. The van der Waals surface area contributed by atoms with E-state index in [0.29, 0.717) is 12.9 Å². The van der Waals surface area contributed by atoms with E-state index >= 15 is 0 Å². The molecular formula is C8H18N2O4S. The molecule has 0 aromatic heterocycles.